The van der Waals surface area contributed by atoms with Crippen molar-refractivity contribution in [2.75, 3.05) is 16.0 Å². The first-order chi connectivity index (χ1) is 42.1. The molecular weight excluding hydrogens is 1100 g/mol. The summed E-state index contributed by atoms with van der Waals surface area (Å²) in [4.78, 5) is 76.2. The van der Waals surface area contributed by atoms with Gasteiger partial charge in [-0.2, -0.15) is 15.8 Å². The standard InChI is InChI=1S/3C22H17N5O2/c3*1-13-7-18-17(24-11-13)9-19(26-18)21(28)16-5-6-20(25-12-16)27-22(29)15-4-2-3-14(8-15)10-23/h3*2-8,11-12,21,28H,9H2,1H3,(H,25,27,29)/t2*21-;/m10./s1. The van der Waals surface area contributed by atoms with E-state index in [0.29, 0.717) is 104 Å². The second-order valence-electron chi connectivity index (χ2n) is 20.4. The Balaban J connectivity index is 0.000000144. The number of hydrogen-bond acceptors (Lipinski definition) is 18. The highest BCUT2D eigenvalue weighted by molar-refractivity contribution is 6.06. The summed E-state index contributed by atoms with van der Waals surface area (Å²) < 4.78 is 0. The van der Waals surface area contributed by atoms with E-state index in [-0.39, 0.29) is 17.7 Å². The molecule has 9 aromatic rings. The summed E-state index contributed by atoms with van der Waals surface area (Å²) in [6.07, 6.45) is 8.68. The maximum Gasteiger partial charge on any atom is 0.256 e. The van der Waals surface area contributed by atoms with Gasteiger partial charge >= 0.3 is 0 Å². The Morgan fingerprint density at radius 1 is 0.402 bits per heavy atom. The summed E-state index contributed by atoms with van der Waals surface area (Å²) >= 11 is 0. The highest BCUT2D eigenvalue weighted by Crippen LogP contribution is 2.33. The van der Waals surface area contributed by atoms with Gasteiger partial charge in [0.25, 0.3) is 17.7 Å². The van der Waals surface area contributed by atoms with Crippen LogP contribution in [0.1, 0.15) is 117 Å². The number of pyridine rings is 6. The van der Waals surface area contributed by atoms with Crippen molar-refractivity contribution in [3.63, 3.8) is 0 Å². The van der Waals surface area contributed by atoms with Gasteiger partial charge in [-0.3, -0.25) is 44.3 Å². The van der Waals surface area contributed by atoms with Gasteiger partial charge in [-0.15, -0.1) is 0 Å². The lowest BCUT2D eigenvalue weighted by Gasteiger charge is -2.11. The number of nitrogens with one attached hydrogen (secondary N) is 3. The SMILES string of the molecule is Cc1cnc2c(c1)N=C(C(O)c1ccc(NC(=O)c3cccc(C#N)c3)nc1)C2.Cc1cnc2c(c1)N=C([C@@H](O)c1ccc(NC(=O)c3cccc(C#N)c3)nc1)C2.Cc1cnc2c(c1)N=C([C@H](O)c1ccc(NC(=O)c3cccc(C#N)c3)nc1)C2. The van der Waals surface area contributed by atoms with Gasteiger partial charge in [-0.05, 0) is 128 Å². The van der Waals surface area contributed by atoms with E-state index in [0.717, 1.165) is 50.8 Å². The van der Waals surface area contributed by atoms with Gasteiger partial charge < -0.3 is 31.3 Å². The summed E-state index contributed by atoms with van der Waals surface area (Å²) in [5.74, 6) is -0.0355. The molecule has 12 rings (SSSR count). The number of aryl methyl sites for hydroxylation is 3. The number of nitriles is 3. The first kappa shape index (κ1) is 58.5. The topological polar surface area (TPSA) is 334 Å². The number of fused-ring (bicyclic) bond motifs is 3. The van der Waals surface area contributed by atoms with Crippen molar-refractivity contribution in [3.8, 4) is 18.2 Å². The lowest BCUT2D eigenvalue weighted by Crippen LogP contribution is -2.15. The van der Waals surface area contributed by atoms with Gasteiger partial charge in [0.1, 0.15) is 35.8 Å². The number of carbonyl (C=O) groups is 3. The predicted molar refractivity (Wildman–Crippen MR) is 324 cm³/mol. The second-order valence-corrected chi connectivity index (χ2v) is 20.4. The zero-order valence-electron chi connectivity index (χ0n) is 46.9. The van der Waals surface area contributed by atoms with E-state index in [1.807, 2.05) is 57.2 Å². The van der Waals surface area contributed by atoms with Crippen LogP contribution in [0.3, 0.4) is 0 Å². The second kappa shape index (κ2) is 26.3. The Labute approximate surface area is 498 Å². The van der Waals surface area contributed by atoms with Gasteiger partial charge in [-0.25, -0.2) is 15.0 Å². The molecule has 3 amide bonds. The van der Waals surface area contributed by atoms with Crippen LogP contribution in [0.2, 0.25) is 0 Å². The highest BCUT2D eigenvalue weighted by Gasteiger charge is 2.27. The van der Waals surface area contributed by atoms with Crippen LogP contribution in [0, 0.1) is 54.8 Å². The molecule has 0 saturated heterocycles. The van der Waals surface area contributed by atoms with E-state index >= 15 is 0 Å². The van der Waals surface area contributed by atoms with Crippen LogP contribution in [0.5, 0.6) is 0 Å². The monoisotopic (exact) mass is 1150 g/mol. The lowest BCUT2D eigenvalue weighted by atomic mass is 10.0. The van der Waals surface area contributed by atoms with Crippen LogP contribution in [-0.4, -0.2) is 80.1 Å². The van der Waals surface area contributed by atoms with Crippen LogP contribution in [0.25, 0.3) is 0 Å². The molecule has 6 N–H and O–H groups in total. The van der Waals surface area contributed by atoms with Crippen LogP contribution in [-0.2, 0) is 19.3 Å². The van der Waals surface area contributed by atoms with Gasteiger partial charge in [0.15, 0.2) is 0 Å². The van der Waals surface area contributed by atoms with Gasteiger partial charge in [-0.1, -0.05) is 36.4 Å². The number of anilines is 3. The first-order valence-corrected chi connectivity index (χ1v) is 27.1. The maximum atomic E-state index is 12.3. The molecule has 0 spiro atoms. The average molecular weight is 1150 g/mol. The Morgan fingerprint density at radius 2 is 0.690 bits per heavy atom. The zero-order valence-corrected chi connectivity index (χ0v) is 46.9. The number of amides is 3. The molecule has 3 aliphatic rings. The number of aromatic nitrogens is 6. The molecule has 426 valence electrons. The number of nitrogens with zero attached hydrogens (tertiary/aromatic N) is 12. The molecule has 9 heterocycles. The number of aliphatic imine (C=N–C) groups is 3. The summed E-state index contributed by atoms with van der Waals surface area (Å²) in [5, 5.41) is 66.9. The molecule has 1 unspecified atom stereocenters. The van der Waals surface area contributed by atoms with Crippen LogP contribution >= 0.6 is 0 Å². The normalized spacial score (nSPS) is 13.2. The molecule has 0 bridgehead atoms. The van der Waals surface area contributed by atoms with Crippen LogP contribution in [0.4, 0.5) is 34.5 Å². The van der Waals surface area contributed by atoms with E-state index in [1.54, 1.807) is 110 Å². The fraction of sp³-hybridized carbons (Fsp3) is 0.136. The van der Waals surface area contributed by atoms with Crippen LogP contribution in [0.15, 0.2) is 180 Å². The Hall–Kier alpha value is -11.7. The minimum absolute atomic E-state index is 0.349. The molecule has 0 saturated carbocycles. The number of hydrogen-bond donors (Lipinski definition) is 6. The van der Waals surface area contributed by atoms with Crippen molar-refractivity contribution in [2.45, 2.75) is 58.3 Å². The third kappa shape index (κ3) is 14.2. The minimum Gasteiger partial charge on any atom is -0.382 e. The smallest absolute Gasteiger partial charge is 0.256 e. The third-order valence-electron chi connectivity index (χ3n) is 13.8. The molecule has 0 aliphatic carbocycles. The van der Waals surface area contributed by atoms with E-state index in [9.17, 15) is 29.7 Å². The first-order valence-electron chi connectivity index (χ1n) is 27.1. The third-order valence-corrected chi connectivity index (χ3v) is 13.8. The summed E-state index contributed by atoms with van der Waals surface area (Å²) in [6, 6.07) is 41.1. The van der Waals surface area contributed by atoms with Crippen molar-refractivity contribution in [1.29, 1.82) is 15.8 Å². The number of aliphatic hydroxyl groups excluding tert-OH is 3. The predicted octanol–water partition coefficient (Wildman–Crippen LogP) is 9.81. The van der Waals surface area contributed by atoms with E-state index < -0.39 is 18.3 Å². The number of aliphatic hydroxyl groups is 3. The zero-order chi connectivity index (χ0) is 61.1. The lowest BCUT2D eigenvalue weighted by molar-refractivity contribution is 0.101. The Bertz CT molecular complexity index is 3930. The minimum atomic E-state index is -0.894. The molecule has 6 aromatic heterocycles. The van der Waals surface area contributed by atoms with Crippen molar-refractivity contribution in [2.24, 2.45) is 15.0 Å². The fourth-order valence-corrected chi connectivity index (χ4v) is 9.27. The van der Waals surface area contributed by atoms with Gasteiger partial charge in [0.05, 0.1) is 86.2 Å². The van der Waals surface area contributed by atoms with E-state index in [2.05, 4.69) is 60.8 Å². The number of benzene rings is 3. The summed E-state index contributed by atoms with van der Waals surface area (Å²) in [6.45, 7) is 5.85. The summed E-state index contributed by atoms with van der Waals surface area (Å²) in [7, 11) is 0. The van der Waals surface area contributed by atoms with Crippen molar-refractivity contribution >= 4 is 69.4 Å². The highest BCUT2D eigenvalue weighted by atomic mass is 16.3. The Morgan fingerprint density at radius 3 is 0.943 bits per heavy atom. The van der Waals surface area contributed by atoms with Gasteiger partial charge in [0.2, 0.25) is 0 Å². The molecule has 3 atom stereocenters. The average Bonchev–Trinajstić information content (AvgIpc) is 2.90. The summed E-state index contributed by atoms with van der Waals surface area (Å²) in [5.41, 5.74) is 13.9. The number of carbonyl (C=O) groups excluding carboxylic acids is 3. The Kier molecular flexibility index (Phi) is 17.7. The van der Waals surface area contributed by atoms with Crippen molar-refractivity contribution in [3.05, 3.63) is 248 Å². The molecule has 0 fully saturated rings. The maximum absolute atomic E-state index is 12.3. The number of rotatable bonds is 12. The quantitative estimate of drug-likeness (QED) is 0.0663. The van der Waals surface area contributed by atoms with Crippen LogP contribution < -0.4 is 16.0 Å². The molecular formula is C66H51N15O6. The molecule has 3 aromatic carbocycles. The largest absolute Gasteiger partial charge is 0.382 e. The molecule has 0 radical (unpaired) electrons. The van der Waals surface area contributed by atoms with Crippen molar-refractivity contribution in [1.82, 2.24) is 29.9 Å². The van der Waals surface area contributed by atoms with Gasteiger partial charge in [0, 0.05) is 89.8 Å². The fourth-order valence-electron chi connectivity index (χ4n) is 9.27. The molecule has 21 nitrogen and oxygen atoms in total. The molecule has 3 aliphatic heterocycles. The van der Waals surface area contributed by atoms with E-state index in [4.69, 9.17) is 15.8 Å². The van der Waals surface area contributed by atoms with E-state index in [1.165, 1.54) is 36.8 Å². The molecule has 87 heavy (non-hydrogen) atoms. The van der Waals surface area contributed by atoms with Crippen molar-refractivity contribution < 1.29 is 29.7 Å². The molecule has 21 heteroatoms.